The molecule has 1 rings (SSSR count). The number of rotatable bonds is 4. The van der Waals surface area contributed by atoms with Gasteiger partial charge in [-0.2, -0.15) is 0 Å². The highest BCUT2D eigenvalue weighted by atomic mass is 35.5. The molecule has 0 aliphatic carbocycles. The molecule has 0 saturated heterocycles. The number of carbonyl (C=O) groups is 2. The molecule has 0 aliphatic heterocycles. The van der Waals surface area contributed by atoms with Crippen molar-refractivity contribution in [3.05, 3.63) is 33.8 Å². The average molecular weight is 348 g/mol. The molecule has 7 heteroatoms. The second-order valence-corrected chi connectivity index (χ2v) is 6.45. The largest absolute Gasteiger partial charge is 0.468 e. The van der Waals surface area contributed by atoms with Gasteiger partial charge < -0.3 is 14.8 Å². The van der Waals surface area contributed by atoms with E-state index in [4.69, 9.17) is 32.7 Å². The van der Waals surface area contributed by atoms with Crippen LogP contribution in [0, 0.1) is 0 Å². The molecule has 22 heavy (non-hydrogen) atoms. The molecule has 0 saturated carbocycles. The summed E-state index contributed by atoms with van der Waals surface area (Å²) >= 11 is 11.8. The average Bonchev–Trinajstić information content (AvgIpc) is 2.40. The summed E-state index contributed by atoms with van der Waals surface area (Å²) in [6, 6.07) is 4.82. The molecule has 1 aromatic carbocycles. The van der Waals surface area contributed by atoms with E-state index in [1.165, 1.54) is 7.11 Å². The molecule has 1 amide bonds. The highest BCUT2D eigenvalue weighted by molar-refractivity contribution is 6.42. The summed E-state index contributed by atoms with van der Waals surface area (Å²) in [5.74, 6) is -1.19. The molecule has 122 valence electrons. The number of ether oxygens (including phenoxy) is 2. The van der Waals surface area contributed by atoms with Gasteiger partial charge >= 0.3 is 12.1 Å². The Morgan fingerprint density at radius 2 is 1.86 bits per heavy atom. The lowest BCUT2D eigenvalue weighted by Crippen LogP contribution is -2.36. The quantitative estimate of drug-likeness (QED) is 0.841. The maximum Gasteiger partial charge on any atom is 0.407 e. The van der Waals surface area contributed by atoms with Gasteiger partial charge in [-0.15, -0.1) is 0 Å². The van der Waals surface area contributed by atoms with Crippen molar-refractivity contribution in [3.8, 4) is 0 Å². The fraction of sp³-hybridized carbons (Fsp3) is 0.467. The molecule has 0 bridgehead atoms. The van der Waals surface area contributed by atoms with Gasteiger partial charge in [-0.1, -0.05) is 29.3 Å². The maximum absolute atomic E-state index is 11.9. The van der Waals surface area contributed by atoms with E-state index in [9.17, 15) is 9.59 Å². The summed E-state index contributed by atoms with van der Waals surface area (Å²) in [5.41, 5.74) is -0.0219. The van der Waals surface area contributed by atoms with Gasteiger partial charge in [-0.3, -0.25) is 4.79 Å². The first-order valence-electron chi connectivity index (χ1n) is 6.63. The number of carbonyl (C=O) groups excluding carboxylic acids is 2. The van der Waals surface area contributed by atoms with Crippen molar-refractivity contribution in [3.63, 3.8) is 0 Å². The van der Waals surface area contributed by atoms with E-state index in [1.54, 1.807) is 39.0 Å². The van der Waals surface area contributed by atoms with Crippen molar-refractivity contribution < 1.29 is 19.1 Å². The van der Waals surface area contributed by atoms with Gasteiger partial charge in [0.05, 0.1) is 23.1 Å². The van der Waals surface area contributed by atoms with Crippen molar-refractivity contribution in [2.75, 3.05) is 13.7 Å². The summed E-state index contributed by atoms with van der Waals surface area (Å²) in [6.45, 7) is 5.29. The van der Waals surface area contributed by atoms with Gasteiger partial charge in [-0.05, 0) is 38.5 Å². The fourth-order valence-corrected chi connectivity index (χ4v) is 2.01. The Morgan fingerprint density at radius 3 is 2.36 bits per heavy atom. The molecule has 0 radical (unpaired) electrons. The van der Waals surface area contributed by atoms with Crippen LogP contribution in [-0.2, 0) is 14.3 Å². The molecule has 1 atom stereocenters. The number of hydrogen-bond donors (Lipinski definition) is 1. The molecule has 0 aromatic heterocycles. The number of amides is 1. The van der Waals surface area contributed by atoms with Crippen LogP contribution in [0.25, 0.3) is 0 Å². The van der Waals surface area contributed by atoms with Crippen LogP contribution < -0.4 is 5.32 Å². The highest BCUT2D eigenvalue weighted by Gasteiger charge is 2.24. The Hall–Kier alpha value is -1.46. The topological polar surface area (TPSA) is 64.6 Å². The molecular formula is C15H19Cl2NO4. The Morgan fingerprint density at radius 1 is 1.23 bits per heavy atom. The molecule has 0 spiro atoms. The number of alkyl carbamates (subject to hydrolysis) is 1. The van der Waals surface area contributed by atoms with Crippen LogP contribution >= 0.6 is 23.2 Å². The third kappa shape index (κ3) is 5.73. The lowest BCUT2D eigenvalue weighted by molar-refractivity contribution is -0.142. The Balaban J connectivity index is 2.84. The lowest BCUT2D eigenvalue weighted by atomic mass is 9.99. The van der Waals surface area contributed by atoms with Crippen molar-refractivity contribution in [2.45, 2.75) is 32.3 Å². The highest BCUT2D eigenvalue weighted by Crippen LogP contribution is 2.27. The predicted molar refractivity (Wildman–Crippen MR) is 85.5 cm³/mol. The van der Waals surface area contributed by atoms with Crippen molar-refractivity contribution in [2.24, 2.45) is 0 Å². The van der Waals surface area contributed by atoms with Crippen molar-refractivity contribution in [1.29, 1.82) is 0 Å². The summed E-state index contributed by atoms with van der Waals surface area (Å²) < 4.78 is 9.89. The number of halogens is 2. The zero-order valence-corrected chi connectivity index (χ0v) is 14.4. The van der Waals surface area contributed by atoms with E-state index < -0.39 is 23.6 Å². The summed E-state index contributed by atoms with van der Waals surface area (Å²) in [5, 5.41) is 3.26. The van der Waals surface area contributed by atoms with Gasteiger partial charge in [0.15, 0.2) is 0 Å². The Kier molecular flexibility index (Phi) is 6.50. The molecule has 0 heterocycles. The lowest BCUT2D eigenvalue weighted by Gasteiger charge is -2.21. The molecule has 0 aliphatic rings. The third-order valence-electron chi connectivity index (χ3n) is 2.68. The molecular weight excluding hydrogens is 329 g/mol. The van der Waals surface area contributed by atoms with Gasteiger partial charge in [0.1, 0.15) is 5.60 Å². The van der Waals surface area contributed by atoms with Crippen molar-refractivity contribution >= 4 is 35.3 Å². The minimum Gasteiger partial charge on any atom is -0.468 e. The second kappa shape index (κ2) is 7.70. The SMILES string of the molecule is COC(=O)C(CNC(=O)OC(C)(C)C)c1ccc(Cl)c(Cl)c1. The predicted octanol–water partition coefficient (Wildman–Crippen LogP) is 3.77. The zero-order chi connectivity index (χ0) is 16.9. The minimum atomic E-state index is -0.702. The number of methoxy groups -OCH3 is 1. The van der Waals surface area contributed by atoms with Crippen LogP contribution in [-0.4, -0.2) is 31.3 Å². The van der Waals surface area contributed by atoms with Crippen LogP contribution in [0.5, 0.6) is 0 Å². The van der Waals surface area contributed by atoms with Gasteiger partial charge in [0, 0.05) is 6.54 Å². The fourth-order valence-electron chi connectivity index (χ4n) is 1.71. The first-order valence-corrected chi connectivity index (χ1v) is 7.39. The Bertz CT molecular complexity index is 555. The molecule has 1 N–H and O–H groups in total. The van der Waals surface area contributed by atoms with E-state index in [2.05, 4.69) is 5.32 Å². The van der Waals surface area contributed by atoms with Crippen LogP contribution in [0.3, 0.4) is 0 Å². The van der Waals surface area contributed by atoms with E-state index in [1.807, 2.05) is 0 Å². The number of benzene rings is 1. The second-order valence-electron chi connectivity index (χ2n) is 5.63. The molecule has 5 nitrogen and oxygen atoms in total. The normalized spacial score (nSPS) is 12.5. The summed E-state index contributed by atoms with van der Waals surface area (Å²) in [6.07, 6.45) is -0.610. The minimum absolute atomic E-state index is 0.0273. The van der Waals surface area contributed by atoms with Crippen LogP contribution in [0.1, 0.15) is 32.3 Å². The van der Waals surface area contributed by atoms with Crippen LogP contribution in [0.2, 0.25) is 10.0 Å². The van der Waals surface area contributed by atoms with Crippen LogP contribution in [0.15, 0.2) is 18.2 Å². The first kappa shape index (κ1) is 18.6. The van der Waals surface area contributed by atoms with E-state index >= 15 is 0 Å². The Labute approximate surface area is 139 Å². The van der Waals surface area contributed by atoms with Gasteiger partial charge in [0.2, 0.25) is 0 Å². The van der Waals surface area contributed by atoms with Gasteiger partial charge in [-0.25, -0.2) is 4.79 Å². The number of nitrogens with one attached hydrogen (secondary N) is 1. The number of esters is 1. The van der Waals surface area contributed by atoms with E-state index in [0.29, 0.717) is 15.6 Å². The van der Waals surface area contributed by atoms with Gasteiger partial charge in [0.25, 0.3) is 0 Å². The maximum atomic E-state index is 11.9. The smallest absolute Gasteiger partial charge is 0.407 e. The zero-order valence-electron chi connectivity index (χ0n) is 12.9. The monoisotopic (exact) mass is 347 g/mol. The molecule has 1 unspecified atom stereocenters. The third-order valence-corrected chi connectivity index (χ3v) is 3.42. The van der Waals surface area contributed by atoms with E-state index in [-0.39, 0.29) is 6.54 Å². The summed E-state index contributed by atoms with van der Waals surface area (Å²) in [7, 11) is 1.28. The standard InChI is InChI=1S/C15H19Cl2NO4/c1-15(2,3)22-14(20)18-8-10(13(19)21-4)9-5-6-11(16)12(17)7-9/h5-7,10H,8H2,1-4H3,(H,18,20). The number of hydrogen-bond acceptors (Lipinski definition) is 4. The summed E-state index contributed by atoms with van der Waals surface area (Å²) in [4.78, 5) is 23.6. The van der Waals surface area contributed by atoms with E-state index in [0.717, 1.165) is 0 Å². The molecule has 0 fully saturated rings. The van der Waals surface area contributed by atoms with Crippen LogP contribution in [0.4, 0.5) is 4.79 Å². The molecule has 1 aromatic rings. The van der Waals surface area contributed by atoms with Crippen molar-refractivity contribution in [1.82, 2.24) is 5.32 Å². The first-order chi connectivity index (χ1) is 10.1.